The van der Waals surface area contributed by atoms with Gasteiger partial charge < -0.3 is 9.72 Å². The quantitative estimate of drug-likeness (QED) is 0.670. The third-order valence-corrected chi connectivity index (χ3v) is 4.09. The van der Waals surface area contributed by atoms with Crippen molar-refractivity contribution in [3.8, 4) is 5.88 Å². The maximum absolute atomic E-state index is 12.0. The first kappa shape index (κ1) is 13.7. The Labute approximate surface area is 119 Å². The van der Waals surface area contributed by atoms with Crippen LogP contribution in [-0.4, -0.2) is 25.0 Å². The summed E-state index contributed by atoms with van der Waals surface area (Å²) < 4.78 is 28.2. The minimum atomic E-state index is -3.80. The molecular weight excluding hydrogens is 294 g/mol. The van der Waals surface area contributed by atoms with E-state index in [1.807, 2.05) is 0 Å². The molecule has 0 aliphatic heterocycles. The molecule has 0 bridgehead atoms. The standard InChI is InChI=1S/C13H13N3O4S/c1-2-20-11-6-9-8-5-7(21(14,18)19)3-4-10(8)15-12(9)13(17)16-11/h3-6,15H,2H2,1H3,(H,16,17)(H2,14,18,19). The number of H-pyrrole nitrogens is 2. The van der Waals surface area contributed by atoms with E-state index < -0.39 is 10.0 Å². The Balaban J connectivity index is 2.39. The van der Waals surface area contributed by atoms with Crippen LogP contribution in [0.3, 0.4) is 0 Å². The summed E-state index contributed by atoms with van der Waals surface area (Å²) in [5.74, 6) is 0.330. The van der Waals surface area contributed by atoms with Gasteiger partial charge in [0.1, 0.15) is 5.52 Å². The molecule has 0 saturated heterocycles. The van der Waals surface area contributed by atoms with Gasteiger partial charge in [-0.25, -0.2) is 13.6 Å². The van der Waals surface area contributed by atoms with Crippen LogP contribution in [0.1, 0.15) is 6.92 Å². The van der Waals surface area contributed by atoms with E-state index >= 15 is 0 Å². The number of nitrogens with one attached hydrogen (secondary N) is 2. The van der Waals surface area contributed by atoms with E-state index in [4.69, 9.17) is 9.88 Å². The van der Waals surface area contributed by atoms with Crippen molar-refractivity contribution < 1.29 is 13.2 Å². The van der Waals surface area contributed by atoms with Crippen LogP contribution in [0.2, 0.25) is 0 Å². The molecule has 0 spiro atoms. The van der Waals surface area contributed by atoms with Gasteiger partial charge in [-0.15, -0.1) is 0 Å². The number of aromatic nitrogens is 2. The molecule has 2 heterocycles. The zero-order chi connectivity index (χ0) is 15.2. The van der Waals surface area contributed by atoms with E-state index in [0.29, 0.717) is 34.3 Å². The van der Waals surface area contributed by atoms with Crippen LogP contribution >= 0.6 is 0 Å². The zero-order valence-corrected chi connectivity index (χ0v) is 12.0. The first-order chi connectivity index (χ1) is 9.90. The molecule has 0 atom stereocenters. The number of primary sulfonamides is 1. The molecule has 0 unspecified atom stereocenters. The summed E-state index contributed by atoms with van der Waals surface area (Å²) in [6, 6.07) is 6.07. The summed E-state index contributed by atoms with van der Waals surface area (Å²) >= 11 is 0. The smallest absolute Gasteiger partial charge is 0.275 e. The van der Waals surface area contributed by atoms with Gasteiger partial charge in [-0.1, -0.05) is 0 Å². The fourth-order valence-electron chi connectivity index (χ4n) is 2.27. The summed E-state index contributed by atoms with van der Waals surface area (Å²) in [5, 5.41) is 6.32. The van der Waals surface area contributed by atoms with Gasteiger partial charge in [0, 0.05) is 22.4 Å². The van der Waals surface area contributed by atoms with Crippen LogP contribution in [0.25, 0.3) is 21.8 Å². The van der Waals surface area contributed by atoms with E-state index in [-0.39, 0.29) is 10.5 Å². The van der Waals surface area contributed by atoms with Crippen molar-refractivity contribution in [1.29, 1.82) is 0 Å². The Hall–Kier alpha value is -2.32. The number of hydrogen-bond donors (Lipinski definition) is 3. The molecule has 110 valence electrons. The summed E-state index contributed by atoms with van der Waals surface area (Å²) in [5.41, 5.74) is 0.681. The van der Waals surface area contributed by atoms with E-state index in [2.05, 4.69) is 9.97 Å². The first-order valence-electron chi connectivity index (χ1n) is 6.24. The van der Waals surface area contributed by atoms with Gasteiger partial charge >= 0.3 is 0 Å². The van der Waals surface area contributed by atoms with Gasteiger partial charge in [-0.3, -0.25) is 9.78 Å². The van der Waals surface area contributed by atoms with Gasteiger partial charge in [-0.2, -0.15) is 0 Å². The molecular formula is C13H13N3O4S. The zero-order valence-electron chi connectivity index (χ0n) is 11.1. The van der Waals surface area contributed by atoms with Gasteiger partial charge in [-0.05, 0) is 25.1 Å². The van der Waals surface area contributed by atoms with E-state index in [1.165, 1.54) is 12.1 Å². The van der Waals surface area contributed by atoms with Gasteiger partial charge in [0.25, 0.3) is 5.56 Å². The number of pyridine rings is 1. The van der Waals surface area contributed by atoms with Crippen molar-refractivity contribution in [3.05, 3.63) is 34.6 Å². The lowest BCUT2D eigenvalue weighted by atomic mass is 10.2. The molecule has 21 heavy (non-hydrogen) atoms. The summed E-state index contributed by atoms with van der Waals surface area (Å²) in [4.78, 5) is 17.6. The molecule has 0 aliphatic carbocycles. The largest absolute Gasteiger partial charge is 0.479 e. The molecule has 0 fully saturated rings. The number of hydrogen-bond acceptors (Lipinski definition) is 4. The molecule has 4 N–H and O–H groups in total. The Kier molecular flexibility index (Phi) is 2.99. The van der Waals surface area contributed by atoms with Gasteiger partial charge in [0.2, 0.25) is 10.0 Å². The van der Waals surface area contributed by atoms with Crippen LogP contribution in [-0.2, 0) is 10.0 Å². The average molecular weight is 307 g/mol. The number of aromatic amines is 2. The summed E-state index contributed by atoms with van der Waals surface area (Å²) in [7, 11) is -3.80. The molecule has 7 nitrogen and oxygen atoms in total. The second-order valence-electron chi connectivity index (χ2n) is 4.56. The normalized spacial score (nSPS) is 12.1. The highest BCUT2D eigenvalue weighted by Crippen LogP contribution is 2.27. The van der Waals surface area contributed by atoms with Crippen molar-refractivity contribution in [3.63, 3.8) is 0 Å². The second-order valence-corrected chi connectivity index (χ2v) is 6.12. The molecule has 2 aromatic heterocycles. The maximum atomic E-state index is 12.0. The SMILES string of the molecule is CCOc1cc2c([nH]c3ccc(S(N)(=O)=O)cc32)c(=O)[nH]1. The third-order valence-electron chi connectivity index (χ3n) is 3.18. The lowest BCUT2D eigenvalue weighted by molar-refractivity contribution is 0.326. The second kappa shape index (κ2) is 4.61. The topological polar surface area (TPSA) is 118 Å². The molecule has 0 radical (unpaired) electrons. The number of nitrogens with two attached hydrogens (primary N) is 1. The van der Waals surface area contributed by atoms with Gasteiger partial charge in [0.15, 0.2) is 5.88 Å². The van der Waals surface area contributed by atoms with E-state index in [0.717, 1.165) is 0 Å². The minimum absolute atomic E-state index is 0.00542. The minimum Gasteiger partial charge on any atom is -0.479 e. The third kappa shape index (κ3) is 2.28. The van der Waals surface area contributed by atoms with Crippen LogP contribution in [0.4, 0.5) is 0 Å². The fraction of sp³-hybridized carbons (Fsp3) is 0.154. The van der Waals surface area contributed by atoms with E-state index in [9.17, 15) is 13.2 Å². The summed E-state index contributed by atoms with van der Waals surface area (Å²) in [6.07, 6.45) is 0. The predicted octanol–water partition coefficient (Wildman–Crippen LogP) is 1.06. The fourth-order valence-corrected chi connectivity index (χ4v) is 2.81. The van der Waals surface area contributed by atoms with Crippen molar-refractivity contribution in [2.24, 2.45) is 5.14 Å². The Morgan fingerprint density at radius 2 is 1.95 bits per heavy atom. The maximum Gasteiger partial charge on any atom is 0.275 e. The van der Waals surface area contributed by atoms with Crippen LogP contribution in [0.15, 0.2) is 34.0 Å². The lowest BCUT2D eigenvalue weighted by Gasteiger charge is -2.02. The number of rotatable bonds is 3. The van der Waals surface area contributed by atoms with Crippen LogP contribution < -0.4 is 15.4 Å². The van der Waals surface area contributed by atoms with Crippen LogP contribution in [0.5, 0.6) is 5.88 Å². The number of ether oxygens (including phenoxy) is 1. The Bertz CT molecular complexity index is 1000. The van der Waals surface area contributed by atoms with Gasteiger partial charge in [0.05, 0.1) is 11.5 Å². The van der Waals surface area contributed by atoms with Crippen molar-refractivity contribution in [1.82, 2.24) is 9.97 Å². The van der Waals surface area contributed by atoms with E-state index in [1.54, 1.807) is 19.1 Å². The monoisotopic (exact) mass is 307 g/mol. The Morgan fingerprint density at radius 1 is 1.19 bits per heavy atom. The average Bonchev–Trinajstić information content (AvgIpc) is 2.77. The van der Waals surface area contributed by atoms with Crippen LogP contribution in [0, 0.1) is 0 Å². The number of fused-ring (bicyclic) bond motifs is 3. The van der Waals surface area contributed by atoms with Crippen molar-refractivity contribution in [2.75, 3.05) is 6.61 Å². The molecule has 8 heteroatoms. The Morgan fingerprint density at radius 3 is 2.62 bits per heavy atom. The summed E-state index contributed by atoms with van der Waals surface area (Å²) in [6.45, 7) is 2.21. The highest BCUT2D eigenvalue weighted by molar-refractivity contribution is 7.89. The first-order valence-corrected chi connectivity index (χ1v) is 7.79. The highest BCUT2D eigenvalue weighted by Gasteiger charge is 2.13. The lowest BCUT2D eigenvalue weighted by Crippen LogP contribution is -2.11. The highest BCUT2D eigenvalue weighted by atomic mass is 32.2. The molecule has 0 saturated carbocycles. The predicted molar refractivity (Wildman–Crippen MR) is 79.0 cm³/mol. The molecule has 3 rings (SSSR count). The number of benzene rings is 1. The number of sulfonamides is 1. The molecule has 0 aliphatic rings. The molecule has 3 aromatic rings. The molecule has 1 aromatic carbocycles. The van der Waals surface area contributed by atoms with Crippen molar-refractivity contribution >= 4 is 31.8 Å². The molecule has 0 amide bonds. The van der Waals surface area contributed by atoms with Crippen molar-refractivity contribution in [2.45, 2.75) is 11.8 Å².